The monoisotopic (exact) mass is 471 g/mol. The van der Waals surface area contributed by atoms with Crippen LogP contribution in [0.5, 0.6) is 11.5 Å². The van der Waals surface area contributed by atoms with E-state index in [1.165, 1.54) is 25.4 Å². The number of rotatable bonds is 11. The van der Waals surface area contributed by atoms with E-state index in [4.69, 9.17) is 14.2 Å². The number of benzene rings is 1. The van der Waals surface area contributed by atoms with Gasteiger partial charge in [0.1, 0.15) is 5.56 Å². The molecule has 0 aliphatic carbocycles. The summed E-state index contributed by atoms with van der Waals surface area (Å²) >= 11 is 0. The smallest absolute Gasteiger partial charge is 0.341 e. The van der Waals surface area contributed by atoms with Crippen molar-refractivity contribution < 1.29 is 28.5 Å². The minimum Gasteiger partial charge on any atom is -0.493 e. The summed E-state index contributed by atoms with van der Waals surface area (Å²) in [5.41, 5.74) is -0.546. The first-order valence-electron chi connectivity index (χ1n) is 11.0. The molecule has 1 aliphatic heterocycles. The minimum absolute atomic E-state index is 0.0176. The number of pyridine rings is 1. The van der Waals surface area contributed by atoms with Gasteiger partial charge in [0.15, 0.2) is 22.6 Å². The second-order valence-corrected chi connectivity index (χ2v) is 8.41. The lowest BCUT2D eigenvalue weighted by molar-refractivity contribution is 0.0694. The molecule has 182 valence electrons. The van der Waals surface area contributed by atoms with Crippen LogP contribution >= 0.6 is 0 Å². The van der Waals surface area contributed by atoms with Gasteiger partial charge in [0, 0.05) is 50.4 Å². The molecule has 1 aromatic carbocycles. The lowest BCUT2D eigenvalue weighted by atomic mass is 9.84. The van der Waals surface area contributed by atoms with Crippen molar-refractivity contribution in [3.05, 3.63) is 70.6 Å². The zero-order chi connectivity index (χ0) is 25.0. The quantitative estimate of drug-likeness (QED) is 0.381. The fraction of sp³-hybridized carbons (Fsp3) is 0.385. The zero-order valence-electron chi connectivity index (χ0n) is 19.7. The third-order valence-electron chi connectivity index (χ3n) is 6.14. The molecule has 1 N–H and O–H groups in total. The Balaban J connectivity index is 2.15. The molecular weight excluding hydrogens is 441 g/mol. The van der Waals surface area contributed by atoms with E-state index in [-0.39, 0.29) is 12.0 Å². The summed E-state index contributed by atoms with van der Waals surface area (Å²) in [4.78, 5) is 24.2. The van der Waals surface area contributed by atoms with Crippen molar-refractivity contribution in [2.24, 2.45) is 0 Å². The molecule has 8 heteroatoms. The number of methoxy groups -OCH3 is 2. The van der Waals surface area contributed by atoms with E-state index >= 15 is 4.39 Å². The molecule has 1 aromatic heterocycles. The molecule has 2 unspecified atom stereocenters. The van der Waals surface area contributed by atoms with Crippen LogP contribution in [0.25, 0.3) is 11.3 Å². The Kier molecular flexibility index (Phi) is 7.61. The number of fused-ring (bicyclic) bond motifs is 3. The Morgan fingerprint density at radius 1 is 1.29 bits per heavy atom. The Hall–Kier alpha value is -3.39. The maximum Gasteiger partial charge on any atom is 0.341 e. The average Bonchev–Trinajstić information content (AvgIpc) is 2.80. The van der Waals surface area contributed by atoms with Crippen LogP contribution in [0.15, 0.2) is 54.0 Å². The second kappa shape index (κ2) is 10.3. The number of ether oxygens (including phenoxy) is 3. The highest BCUT2D eigenvalue weighted by Gasteiger charge is 2.35. The molecule has 3 rings (SSSR count). The van der Waals surface area contributed by atoms with Crippen molar-refractivity contribution in [1.82, 2.24) is 4.57 Å². The van der Waals surface area contributed by atoms with Crippen molar-refractivity contribution in [2.45, 2.75) is 37.9 Å². The highest BCUT2D eigenvalue weighted by molar-refractivity contribution is 5.88. The van der Waals surface area contributed by atoms with Gasteiger partial charge in [-0.05, 0) is 36.6 Å². The van der Waals surface area contributed by atoms with Crippen molar-refractivity contribution in [3.63, 3.8) is 0 Å². The fourth-order valence-electron chi connectivity index (χ4n) is 4.19. The van der Waals surface area contributed by atoms with Gasteiger partial charge >= 0.3 is 5.97 Å². The number of halogens is 1. The molecule has 0 amide bonds. The number of aromatic nitrogens is 1. The summed E-state index contributed by atoms with van der Waals surface area (Å²) in [5, 5.41) is 9.49. The van der Waals surface area contributed by atoms with Gasteiger partial charge < -0.3 is 23.9 Å². The molecular formula is C26H30FNO6. The van der Waals surface area contributed by atoms with Crippen molar-refractivity contribution in [1.29, 1.82) is 0 Å². The summed E-state index contributed by atoms with van der Waals surface area (Å²) in [6, 6.07) is 4.39. The molecule has 2 atom stereocenters. The van der Waals surface area contributed by atoms with E-state index in [0.29, 0.717) is 54.4 Å². The van der Waals surface area contributed by atoms with Crippen LogP contribution in [0.2, 0.25) is 0 Å². The van der Waals surface area contributed by atoms with Gasteiger partial charge in [-0.15, -0.1) is 0 Å². The zero-order valence-corrected chi connectivity index (χ0v) is 19.7. The van der Waals surface area contributed by atoms with Crippen molar-refractivity contribution >= 4 is 5.97 Å². The minimum atomic E-state index is -1.86. The number of carbonyl (C=O) groups is 1. The molecule has 0 radical (unpaired) electrons. The normalized spacial score (nSPS) is 16.1. The topological polar surface area (TPSA) is 87.0 Å². The van der Waals surface area contributed by atoms with Gasteiger partial charge in [0.05, 0.1) is 19.4 Å². The number of alkyl halides is 1. The van der Waals surface area contributed by atoms with Crippen molar-refractivity contribution in [3.8, 4) is 22.8 Å². The van der Waals surface area contributed by atoms with E-state index < -0.39 is 23.1 Å². The van der Waals surface area contributed by atoms with Gasteiger partial charge in [-0.2, -0.15) is 0 Å². The molecule has 34 heavy (non-hydrogen) atoms. The third kappa shape index (κ3) is 4.92. The lowest BCUT2D eigenvalue weighted by Crippen LogP contribution is -2.32. The van der Waals surface area contributed by atoms with Gasteiger partial charge in [-0.3, -0.25) is 4.79 Å². The molecule has 7 nitrogen and oxygen atoms in total. The molecule has 0 saturated carbocycles. The summed E-state index contributed by atoms with van der Waals surface area (Å²) in [7, 11) is 3.14. The number of allylic oxidation sites excluding steroid dienone is 2. The Morgan fingerprint density at radius 2 is 2.03 bits per heavy atom. The fourth-order valence-corrected chi connectivity index (χ4v) is 4.19. The van der Waals surface area contributed by atoms with Crippen LogP contribution in [0.1, 0.15) is 41.7 Å². The van der Waals surface area contributed by atoms with E-state index in [1.54, 1.807) is 24.7 Å². The van der Waals surface area contributed by atoms with E-state index in [9.17, 15) is 14.7 Å². The molecule has 0 saturated heterocycles. The first kappa shape index (κ1) is 25.2. The largest absolute Gasteiger partial charge is 0.493 e. The van der Waals surface area contributed by atoms with E-state index in [0.717, 1.165) is 5.56 Å². The average molecular weight is 472 g/mol. The molecule has 0 bridgehead atoms. The van der Waals surface area contributed by atoms with E-state index in [2.05, 4.69) is 13.2 Å². The van der Waals surface area contributed by atoms with Gasteiger partial charge in [-0.1, -0.05) is 19.2 Å². The first-order valence-corrected chi connectivity index (χ1v) is 11.0. The number of hydrogen-bond donors (Lipinski definition) is 1. The molecule has 2 heterocycles. The molecule has 2 aromatic rings. The standard InChI is InChI=1S/C26H30FNO6/c1-6-26(27,16(2)3)14-18-10-17-11-24(34-9-7-8-32-4)23(33-5)12-19(17)21-13-22(29)20(25(30)31)15-28(18)21/h6,11-13,15,18H,1-2,7-10,14H2,3-5H3,(H,30,31). The van der Waals surface area contributed by atoms with Gasteiger partial charge in [0.2, 0.25) is 0 Å². The summed E-state index contributed by atoms with van der Waals surface area (Å²) in [6.45, 7) is 9.95. The van der Waals surface area contributed by atoms with Crippen LogP contribution in [0.4, 0.5) is 4.39 Å². The van der Waals surface area contributed by atoms with Crippen LogP contribution in [0.3, 0.4) is 0 Å². The number of hydrogen-bond acceptors (Lipinski definition) is 5. The number of nitrogens with zero attached hydrogens (tertiary/aromatic N) is 1. The van der Waals surface area contributed by atoms with Crippen LogP contribution in [0, 0.1) is 0 Å². The third-order valence-corrected chi connectivity index (χ3v) is 6.14. The Bertz CT molecular complexity index is 1170. The van der Waals surface area contributed by atoms with Crippen molar-refractivity contribution in [2.75, 3.05) is 27.4 Å². The number of aromatic carboxylic acids is 1. The SMILES string of the molecule is C=CC(F)(CC1Cc2cc(OCCCOC)c(OC)cc2-c2cc(=O)c(C(=O)O)cn21)C(=C)C. The first-order chi connectivity index (χ1) is 16.1. The maximum absolute atomic E-state index is 15.6. The van der Waals surface area contributed by atoms with Gasteiger partial charge in [-0.25, -0.2) is 9.18 Å². The molecule has 1 aliphatic rings. The highest BCUT2D eigenvalue weighted by Crippen LogP contribution is 2.44. The summed E-state index contributed by atoms with van der Waals surface area (Å²) in [6.07, 6.45) is 3.56. The predicted octanol–water partition coefficient (Wildman–Crippen LogP) is 4.60. The van der Waals surface area contributed by atoms with Crippen LogP contribution in [-0.2, 0) is 11.2 Å². The number of carboxylic acid groups (broad SMARTS) is 1. The Morgan fingerprint density at radius 3 is 2.62 bits per heavy atom. The van der Waals surface area contributed by atoms with E-state index in [1.807, 2.05) is 6.07 Å². The highest BCUT2D eigenvalue weighted by atomic mass is 19.1. The van der Waals surface area contributed by atoms with Crippen LogP contribution < -0.4 is 14.9 Å². The second-order valence-electron chi connectivity index (χ2n) is 8.41. The van der Waals surface area contributed by atoms with Crippen LogP contribution in [-0.4, -0.2) is 48.7 Å². The summed E-state index contributed by atoms with van der Waals surface area (Å²) < 4.78 is 33.7. The predicted molar refractivity (Wildman–Crippen MR) is 128 cm³/mol. The summed E-state index contributed by atoms with van der Waals surface area (Å²) in [5.74, 6) is -0.328. The molecule has 0 spiro atoms. The lowest BCUT2D eigenvalue weighted by Gasteiger charge is -2.35. The Labute approximate surface area is 198 Å². The molecule has 0 fully saturated rings. The maximum atomic E-state index is 15.6. The van der Waals surface area contributed by atoms with Gasteiger partial charge in [0.25, 0.3) is 0 Å². The number of carboxylic acids is 1.